The lowest BCUT2D eigenvalue weighted by Crippen LogP contribution is -2.40. The molecule has 1 N–H and O–H groups in total. The molecule has 3 aromatic carbocycles. The summed E-state index contributed by atoms with van der Waals surface area (Å²) in [7, 11) is 1.75. The number of aryl methyl sites for hydroxylation is 1. The predicted octanol–water partition coefficient (Wildman–Crippen LogP) is 4.17. The van der Waals surface area contributed by atoms with Gasteiger partial charge in [-0.05, 0) is 54.1 Å². The summed E-state index contributed by atoms with van der Waals surface area (Å²) in [5.41, 5.74) is 3.50. The van der Waals surface area contributed by atoms with Gasteiger partial charge in [-0.25, -0.2) is 9.07 Å². The monoisotopic (exact) mass is 494 g/mol. The van der Waals surface area contributed by atoms with E-state index < -0.39 is 12.1 Å². The SMILES string of the molecule is Cn1ccc(C(=O)N[C@H]2CC(=O)N(c3ccc4c(cnn4-c4ccc(F)cc4)c3)[C@@H]2c2ccccc2)n1. The van der Waals surface area contributed by atoms with Crippen LogP contribution >= 0.6 is 0 Å². The van der Waals surface area contributed by atoms with Crippen molar-refractivity contribution in [3.05, 3.63) is 108 Å². The van der Waals surface area contributed by atoms with Crippen LogP contribution in [0.5, 0.6) is 0 Å². The van der Waals surface area contributed by atoms with Crippen LogP contribution in [-0.2, 0) is 11.8 Å². The fraction of sp³-hybridized carbons (Fsp3) is 0.143. The number of benzene rings is 3. The molecule has 0 radical (unpaired) electrons. The summed E-state index contributed by atoms with van der Waals surface area (Å²) in [5, 5.41) is 12.5. The third-order valence-electron chi connectivity index (χ3n) is 6.63. The van der Waals surface area contributed by atoms with E-state index in [9.17, 15) is 14.0 Å². The average Bonchev–Trinajstić information content (AvgIpc) is 3.61. The Balaban J connectivity index is 1.36. The van der Waals surface area contributed by atoms with Gasteiger partial charge in [0.1, 0.15) is 11.5 Å². The number of nitrogens with zero attached hydrogens (tertiary/aromatic N) is 5. The molecule has 2 amide bonds. The Bertz CT molecular complexity index is 1610. The number of carbonyl (C=O) groups excluding carboxylic acids is 2. The first-order valence-electron chi connectivity index (χ1n) is 11.9. The van der Waals surface area contributed by atoms with E-state index in [4.69, 9.17) is 0 Å². The lowest BCUT2D eigenvalue weighted by atomic mass is 9.99. The van der Waals surface area contributed by atoms with E-state index in [1.807, 2.05) is 48.5 Å². The number of nitrogens with one attached hydrogen (secondary N) is 1. The van der Waals surface area contributed by atoms with E-state index in [0.717, 1.165) is 22.2 Å². The van der Waals surface area contributed by atoms with Crippen LogP contribution in [0.4, 0.5) is 10.1 Å². The minimum absolute atomic E-state index is 0.0922. The van der Waals surface area contributed by atoms with Crippen LogP contribution in [0.2, 0.25) is 0 Å². The molecule has 0 saturated carbocycles. The largest absolute Gasteiger partial charge is 0.345 e. The molecule has 1 aliphatic rings. The highest BCUT2D eigenvalue weighted by Crippen LogP contribution is 2.38. The van der Waals surface area contributed by atoms with Crippen molar-refractivity contribution in [1.29, 1.82) is 0 Å². The molecule has 3 heterocycles. The number of anilines is 1. The van der Waals surface area contributed by atoms with Gasteiger partial charge in [-0.3, -0.25) is 14.3 Å². The van der Waals surface area contributed by atoms with Gasteiger partial charge in [0.2, 0.25) is 5.91 Å². The number of carbonyl (C=O) groups is 2. The van der Waals surface area contributed by atoms with Crippen molar-refractivity contribution >= 4 is 28.4 Å². The van der Waals surface area contributed by atoms with Gasteiger partial charge in [0.25, 0.3) is 5.91 Å². The standard InChI is InChI=1S/C28H23FN6O2/c1-33-14-13-23(32-33)28(37)31-24-16-26(36)34(27(24)18-5-3-2-4-6-18)22-11-12-25-19(15-22)17-30-35(25)21-9-7-20(29)8-10-21/h2-15,17,24,27H,16H2,1H3,(H,31,37)/t24-,27+/m0/s1. The maximum absolute atomic E-state index is 13.4. The topological polar surface area (TPSA) is 85.0 Å². The second kappa shape index (κ2) is 9.02. The highest BCUT2D eigenvalue weighted by Gasteiger charge is 2.42. The minimum Gasteiger partial charge on any atom is -0.345 e. The van der Waals surface area contributed by atoms with Crippen molar-refractivity contribution in [3.8, 4) is 5.69 Å². The van der Waals surface area contributed by atoms with Crippen molar-refractivity contribution in [2.24, 2.45) is 7.05 Å². The summed E-state index contributed by atoms with van der Waals surface area (Å²) in [6, 6.07) is 22.3. The van der Waals surface area contributed by atoms with E-state index in [0.29, 0.717) is 11.4 Å². The smallest absolute Gasteiger partial charge is 0.272 e. The normalized spacial score (nSPS) is 17.5. The number of rotatable bonds is 5. The molecule has 184 valence electrons. The lowest BCUT2D eigenvalue weighted by Gasteiger charge is -2.29. The van der Waals surface area contributed by atoms with Crippen molar-refractivity contribution < 1.29 is 14.0 Å². The maximum atomic E-state index is 13.4. The molecular weight excluding hydrogens is 471 g/mol. The van der Waals surface area contributed by atoms with Crippen molar-refractivity contribution in [1.82, 2.24) is 24.9 Å². The zero-order valence-corrected chi connectivity index (χ0v) is 20.0. The van der Waals surface area contributed by atoms with E-state index >= 15 is 0 Å². The van der Waals surface area contributed by atoms with Crippen molar-refractivity contribution in [2.45, 2.75) is 18.5 Å². The van der Waals surface area contributed by atoms with Gasteiger partial charge in [-0.15, -0.1) is 0 Å². The molecule has 2 aromatic heterocycles. The Kier molecular flexibility index (Phi) is 5.52. The third kappa shape index (κ3) is 4.14. The third-order valence-corrected chi connectivity index (χ3v) is 6.63. The first-order valence-corrected chi connectivity index (χ1v) is 11.9. The number of halogens is 1. The van der Waals surface area contributed by atoms with Gasteiger partial charge in [0, 0.05) is 30.7 Å². The number of hydrogen-bond acceptors (Lipinski definition) is 4. The summed E-state index contributed by atoms with van der Waals surface area (Å²) < 4.78 is 16.7. The summed E-state index contributed by atoms with van der Waals surface area (Å²) in [6.07, 6.45) is 3.59. The molecule has 8 nitrogen and oxygen atoms in total. The Labute approximate surface area is 211 Å². The molecule has 37 heavy (non-hydrogen) atoms. The van der Waals surface area contributed by atoms with Gasteiger partial charge in [-0.1, -0.05) is 30.3 Å². The average molecular weight is 495 g/mol. The zero-order valence-electron chi connectivity index (χ0n) is 20.0. The quantitative estimate of drug-likeness (QED) is 0.397. The van der Waals surface area contributed by atoms with Gasteiger partial charge in [0.15, 0.2) is 0 Å². The zero-order chi connectivity index (χ0) is 25.5. The van der Waals surface area contributed by atoms with Gasteiger partial charge in [0.05, 0.1) is 29.5 Å². The Morgan fingerprint density at radius 1 is 1.00 bits per heavy atom. The first kappa shape index (κ1) is 22.7. The number of amides is 2. The van der Waals surface area contributed by atoms with Crippen LogP contribution in [0, 0.1) is 5.82 Å². The van der Waals surface area contributed by atoms with Crippen molar-refractivity contribution in [2.75, 3.05) is 4.90 Å². The molecule has 0 unspecified atom stereocenters. The highest BCUT2D eigenvalue weighted by molar-refractivity contribution is 6.01. The van der Waals surface area contributed by atoms with Crippen LogP contribution in [0.15, 0.2) is 91.3 Å². The summed E-state index contributed by atoms with van der Waals surface area (Å²) >= 11 is 0. The summed E-state index contributed by atoms with van der Waals surface area (Å²) in [6.45, 7) is 0. The van der Waals surface area contributed by atoms with Crippen LogP contribution in [-0.4, -0.2) is 37.4 Å². The first-order chi connectivity index (χ1) is 18.0. The van der Waals surface area contributed by atoms with E-state index in [1.165, 1.54) is 12.1 Å². The van der Waals surface area contributed by atoms with Crippen LogP contribution in [0.1, 0.15) is 28.5 Å². The fourth-order valence-electron chi connectivity index (χ4n) is 4.94. The maximum Gasteiger partial charge on any atom is 0.272 e. The lowest BCUT2D eigenvalue weighted by molar-refractivity contribution is -0.117. The molecule has 1 fully saturated rings. The molecule has 6 rings (SSSR count). The summed E-state index contributed by atoms with van der Waals surface area (Å²) in [4.78, 5) is 28.1. The van der Waals surface area contributed by atoms with E-state index in [2.05, 4.69) is 15.5 Å². The second-order valence-electron chi connectivity index (χ2n) is 9.05. The molecule has 0 spiro atoms. The molecule has 0 bridgehead atoms. The molecular formula is C28H23FN6O2. The molecule has 0 aliphatic carbocycles. The minimum atomic E-state index is -0.443. The van der Waals surface area contributed by atoms with E-state index in [-0.39, 0.29) is 24.1 Å². The van der Waals surface area contributed by atoms with Gasteiger partial charge in [-0.2, -0.15) is 10.2 Å². The van der Waals surface area contributed by atoms with Crippen LogP contribution in [0.25, 0.3) is 16.6 Å². The number of fused-ring (bicyclic) bond motifs is 1. The highest BCUT2D eigenvalue weighted by atomic mass is 19.1. The molecule has 9 heteroatoms. The van der Waals surface area contributed by atoms with Crippen molar-refractivity contribution in [3.63, 3.8) is 0 Å². The van der Waals surface area contributed by atoms with Gasteiger partial charge < -0.3 is 10.2 Å². The Hall–Kier alpha value is -4.79. The fourth-order valence-corrected chi connectivity index (χ4v) is 4.94. The van der Waals surface area contributed by atoms with E-state index in [1.54, 1.807) is 51.9 Å². The van der Waals surface area contributed by atoms with Gasteiger partial charge >= 0.3 is 0 Å². The summed E-state index contributed by atoms with van der Waals surface area (Å²) in [5.74, 6) is -0.727. The molecule has 5 aromatic rings. The Morgan fingerprint density at radius 3 is 2.49 bits per heavy atom. The predicted molar refractivity (Wildman–Crippen MR) is 137 cm³/mol. The second-order valence-corrected chi connectivity index (χ2v) is 9.05. The molecule has 1 saturated heterocycles. The number of hydrogen-bond donors (Lipinski definition) is 1. The van der Waals surface area contributed by atoms with Crippen LogP contribution in [0.3, 0.4) is 0 Å². The molecule has 2 atom stereocenters. The molecule has 1 aliphatic heterocycles. The Morgan fingerprint density at radius 2 is 1.76 bits per heavy atom. The number of aromatic nitrogens is 4. The van der Waals surface area contributed by atoms with Crippen LogP contribution < -0.4 is 10.2 Å².